The smallest absolute Gasteiger partial charge is 0.329 e. The number of cyclic esters (lactones) is 1. The summed E-state index contributed by atoms with van der Waals surface area (Å²) in [5, 5.41) is 32.8. The number of nitrogens with one attached hydrogen (secondary N) is 5. The summed E-state index contributed by atoms with van der Waals surface area (Å²) in [5.74, 6) is -9.85. The van der Waals surface area contributed by atoms with Gasteiger partial charge in [-0.2, -0.15) is 0 Å². The first-order valence-corrected chi connectivity index (χ1v) is 25.1. The third-order valence-corrected chi connectivity index (χ3v) is 13.1. The number of phenols is 1. The molecule has 11 N–H and O–H groups in total. The molecule has 2 aliphatic rings. The normalized spacial score (nSPS) is 23.7. The summed E-state index contributed by atoms with van der Waals surface area (Å²) in [6.07, 6.45) is -1.89. The van der Waals surface area contributed by atoms with Gasteiger partial charge in [0.1, 0.15) is 60.4 Å². The molecule has 4 rings (SSSR count). The standard InChI is InChI=1S/C50H71ClN10O13/c1-7-8-10-17-38(63)55-34(26-40(64)65)44(67)59-42-28(4)74-49(72)41(27(2)3)58-45(68)35(25-30-18-20-37(62)31(51)23-30)60(5)48(71)36(24-29-14-11-9-12-15-29)61-39(73-6)21-19-33(47(61)70)57-43(66)32(56-46(42)69)16-13-22-54-50(52)53/h9,11-12,14-15,18,20,23,27-28,32-36,39,41-42,62H,7-8,10,13,16-17,19,21-22,24-26H2,1-6H3,(H,55,63)(H,56,69)(H,57,66)(H,58,68)(H,59,67)(H,64,65)(H4,52,53,54). The van der Waals surface area contributed by atoms with E-state index in [4.69, 9.17) is 32.5 Å². The minimum atomic E-state index is -1.89. The molecule has 74 heavy (non-hydrogen) atoms. The molecule has 24 heteroatoms. The number of carbonyl (C=O) groups is 9. The molecule has 0 radical (unpaired) electrons. The number of unbranched alkanes of at least 4 members (excludes halogenated alkanes) is 2. The van der Waals surface area contributed by atoms with Gasteiger partial charge in [0.2, 0.25) is 41.4 Å². The van der Waals surface area contributed by atoms with Gasteiger partial charge in [-0.25, -0.2) is 4.79 Å². The van der Waals surface area contributed by atoms with E-state index in [0.29, 0.717) is 24.0 Å². The van der Waals surface area contributed by atoms with Crippen LogP contribution in [0.4, 0.5) is 0 Å². The van der Waals surface area contributed by atoms with Crippen molar-refractivity contribution in [1.29, 1.82) is 0 Å². The maximum absolute atomic E-state index is 15.3. The van der Waals surface area contributed by atoms with Crippen molar-refractivity contribution in [3.05, 3.63) is 64.7 Å². The summed E-state index contributed by atoms with van der Waals surface area (Å²) in [6, 6.07) is 2.31. The van der Waals surface area contributed by atoms with Gasteiger partial charge in [0.05, 0.1) is 11.4 Å². The molecule has 2 bridgehead atoms. The van der Waals surface area contributed by atoms with Gasteiger partial charge in [0.25, 0.3) is 0 Å². The second-order valence-electron chi connectivity index (χ2n) is 18.8. The van der Waals surface area contributed by atoms with Crippen molar-refractivity contribution in [2.24, 2.45) is 22.4 Å². The zero-order valence-corrected chi connectivity index (χ0v) is 43.4. The van der Waals surface area contributed by atoms with Crippen LogP contribution in [0.1, 0.15) is 96.6 Å². The number of carboxylic acids is 1. The Balaban J connectivity index is 1.91. The molecular formula is C50H71ClN10O13. The highest BCUT2D eigenvalue weighted by atomic mass is 35.5. The molecule has 7 amide bonds. The quantitative estimate of drug-likeness (QED) is 0.0406. The Morgan fingerprint density at radius 2 is 1.59 bits per heavy atom. The van der Waals surface area contributed by atoms with E-state index in [9.17, 15) is 48.6 Å². The second kappa shape index (κ2) is 28.4. The SMILES string of the molecule is CCCCCC(=O)NC(CC(=O)O)C(=O)NC1C(=O)NC(CCCN=C(N)N)C(=O)NC2CCC(OC)N(C2=O)C(Cc2ccccc2)C(=O)N(C)C(Cc2ccc(O)c(Cl)c2)C(=O)NC(C(C)C)C(=O)OC1C. The number of carbonyl (C=O) groups excluding carboxylic acids is 8. The average Bonchev–Trinajstić information content (AvgIpc) is 3.34. The van der Waals surface area contributed by atoms with E-state index < -0.39 is 120 Å². The fourth-order valence-electron chi connectivity index (χ4n) is 8.66. The zero-order chi connectivity index (χ0) is 54.8. The van der Waals surface area contributed by atoms with Gasteiger partial charge in [-0.15, -0.1) is 0 Å². The Morgan fingerprint density at radius 3 is 2.22 bits per heavy atom. The predicted molar refractivity (Wildman–Crippen MR) is 271 cm³/mol. The lowest BCUT2D eigenvalue weighted by Gasteiger charge is -2.44. The third kappa shape index (κ3) is 17.0. The number of aromatic hydroxyl groups is 1. The third-order valence-electron chi connectivity index (χ3n) is 12.8. The highest BCUT2D eigenvalue weighted by molar-refractivity contribution is 6.32. The number of nitrogens with zero attached hydrogens (tertiary/aromatic N) is 3. The summed E-state index contributed by atoms with van der Waals surface area (Å²) >= 11 is 6.30. The molecule has 0 spiro atoms. The molecule has 2 aliphatic heterocycles. The van der Waals surface area contributed by atoms with Gasteiger partial charge in [-0.05, 0) is 68.2 Å². The summed E-state index contributed by atoms with van der Waals surface area (Å²) in [4.78, 5) is 134. The molecule has 2 saturated heterocycles. The van der Waals surface area contributed by atoms with E-state index in [-0.39, 0.29) is 68.2 Å². The number of hydrogen-bond donors (Lipinski definition) is 9. The maximum Gasteiger partial charge on any atom is 0.329 e. The van der Waals surface area contributed by atoms with E-state index >= 15 is 4.79 Å². The Bertz CT molecular complexity index is 2350. The lowest BCUT2D eigenvalue weighted by atomic mass is 9.95. The predicted octanol–water partition coefficient (Wildman–Crippen LogP) is 0.755. The van der Waals surface area contributed by atoms with Crippen LogP contribution in [0.3, 0.4) is 0 Å². The number of rotatable bonds is 19. The van der Waals surface area contributed by atoms with Gasteiger partial charge in [-0.3, -0.25) is 43.3 Å². The molecule has 2 heterocycles. The van der Waals surface area contributed by atoms with Crippen molar-refractivity contribution in [1.82, 2.24) is 36.4 Å². The van der Waals surface area contributed by atoms with Crippen LogP contribution in [-0.2, 0) is 65.5 Å². The molecule has 9 unspecified atom stereocenters. The van der Waals surface area contributed by atoms with Gasteiger partial charge in [-0.1, -0.05) is 81.6 Å². The number of aliphatic carboxylic acids is 1. The number of nitrogens with two attached hydrogens (primary N) is 2. The van der Waals surface area contributed by atoms with E-state index in [1.807, 2.05) is 6.92 Å². The number of piperidine rings is 1. The van der Waals surface area contributed by atoms with Gasteiger partial charge in [0, 0.05) is 40.0 Å². The van der Waals surface area contributed by atoms with Gasteiger partial charge in [0.15, 0.2) is 5.96 Å². The van der Waals surface area contributed by atoms with Crippen LogP contribution in [-0.4, -0.2) is 155 Å². The molecule has 406 valence electrons. The van der Waals surface area contributed by atoms with Crippen molar-refractivity contribution in [3.63, 3.8) is 0 Å². The van der Waals surface area contributed by atoms with E-state index in [0.717, 1.165) is 11.3 Å². The first kappa shape index (κ1) is 59.6. The monoisotopic (exact) mass is 1050 g/mol. The number of halogens is 1. The first-order valence-electron chi connectivity index (χ1n) is 24.7. The van der Waals surface area contributed by atoms with Crippen molar-refractivity contribution in [2.45, 2.75) is 153 Å². The van der Waals surface area contributed by atoms with Crippen molar-refractivity contribution in [2.75, 3.05) is 20.7 Å². The number of fused-ring (bicyclic) bond motifs is 2. The van der Waals surface area contributed by atoms with Crippen molar-refractivity contribution < 1.29 is 62.8 Å². The summed E-state index contributed by atoms with van der Waals surface area (Å²) in [5.41, 5.74) is 12.1. The molecule has 2 fully saturated rings. The molecule has 0 aromatic heterocycles. The molecule has 23 nitrogen and oxygen atoms in total. The molecule has 2 aromatic carbocycles. The number of benzene rings is 2. The summed E-state index contributed by atoms with van der Waals surface area (Å²) in [6.45, 7) is 6.34. The number of esters is 1. The Morgan fingerprint density at radius 1 is 0.905 bits per heavy atom. The number of guanidine groups is 1. The molecule has 2 aromatic rings. The molecule has 9 atom stereocenters. The number of hydrogen-bond acceptors (Lipinski definition) is 13. The number of likely N-dealkylation sites (N-methyl/N-ethyl adjacent to an activating group) is 1. The topological polar surface area (TPSA) is 344 Å². The zero-order valence-electron chi connectivity index (χ0n) is 42.6. The van der Waals surface area contributed by atoms with Gasteiger partial charge < -0.3 is 67.5 Å². The Hall–Kier alpha value is -7.01. The van der Waals surface area contributed by atoms with Crippen LogP contribution in [0.25, 0.3) is 0 Å². The highest BCUT2D eigenvalue weighted by Gasteiger charge is 2.46. The Labute approximate surface area is 435 Å². The van der Waals surface area contributed by atoms with Gasteiger partial charge >= 0.3 is 11.9 Å². The average molecular weight is 1060 g/mol. The van der Waals surface area contributed by atoms with E-state index in [2.05, 4.69) is 31.6 Å². The van der Waals surface area contributed by atoms with Crippen LogP contribution >= 0.6 is 11.6 Å². The largest absolute Gasteiger partial charge is 0.506 e. The number of carboxylic acid groups (broad SMARTS) is 1. The number of aliphatic imine (C=N–C) groups is 1. The lowest BCUT2D eigenvalue weighted by molar-refractivity contribution is -0.168. The minimum absolute atomic E-state index is 0.00345. The lowest BCUT2D eigenvalue weighted by Crippen LogP contribution is -2.65. The molecule has 0 aliphatic carbocycles. The fraction of sp³-hybridized carbons (Fsp3) is 0.560. The van der Waals surface area contributed by atoms with Crippen LogP contribution in [0.2, 0.25) is 5.02 Å². The number of ether oxygens (including phenoxy) is 2. The molecular weight excluding hydrogens is 984 g/mol. The summed E-state index contributed by atoms with van der Waals surface area (Å²) < 4.78 is 11.7. The second-order valence-corrected chi connectivity index (χ2v) is 19.2. The summed E-state index contributed by atoms with van der Waals surface area (Å²) in [7, 11) is 2.72. The first-order chi connectivity index (χ1) is 35.1. The van der Waals surface area contributed by atoms with E-state index in [1.165, 1.54) is 44.2 Å². The van der Waals surface area contributed by atoms with Crippen LogP contribution in [0.5, 0.6) is 5.75 Å². The number of phenolic OH excluding ortho intramolecular Hbond substituents is 1. The van der Waals surface area contributed by atoms with E-state index in [1.54, 1.807) is 44.2 Å². The van der Waals surface area contributed by atoms with Crippen LogP contribution < -0.4 is 38.1 Å². The van der Waals surface area contributed by atoms with Crippen molar-refractivity contribution >= 4 is 70.8 Å². The Kier molecular flexibility index (Phi) is 22.9. The fourth-order valence-corrected chi connectivity index (χ4v) is 8.87. The van der Waals surface area contributed by atoms with Crippen LogP contribution in [0, 0.1) is 5.92 Å². The number of amides is 7. The van der Waals surface area contributed by atoms with Crippen molar-refractivity contribution in [3.8, 4) is 5.75 Å². The minimum Gasteiger partial charge on any atom is -0.506 e. The highest BCUT2D eigenvalue weighted by Crippen LogP contribution is 2.28. The van der Waals surface area contributed by atoms with Crippen LogP contribution in [0.15, 0.2) is 53.5 Å². The number of methoxy groups -OCH3 is 1. The maximum atomic E-state index is 15.3. The molecule has 0 saturated carbocycles.